The number of methoxy groups -OCH3 is 1. The van der Waals surface area contributed by atoms with Gasteiger partial charge in [0.05, 0.1) is 18.6 Å². The molecule has 0 spiro atoms. The Morgan fingerprint density at radius 2 is 1.83 bits per heavy atom. The van der Waals surface area contributed by atoms with E-state index in [1.165, 1.54) is 4.90 Å². The average Bonchev–Trinajstić information content (AvgIpc) is 3.02. The third-order valence-electron chi connectivity index (χ3n) is 4.52. The maximum atomic E-state index is 12.7. The molecule has 0 aromatic heterocycles. The minimum absolute atomic E-state index is 0.117. The first-order valence-electron chi connectivity index (χ1n) is 9.34. The molecule has 3 rings (SSSR count). The molecule has 0 aliphatic carbocycles. The Morgan fingerprint density at radius 1 is 1.13 bits per heavy atom. The Morgan fingerprint density at radius 3 is 2.47 bits per heavy atom. The number of rotatable bonds is 8. The van der Waals surface area contributed by atoms with Gasteiger partial charge in [0, 0.05) is 13.1 Å². The molecule has 1 aliphatic rings. The number of ether oxygens (including phenoxy) is 1. The molecule has 1 saturated heterocycles. The lowest BCUT2D eigenvalue weighted by Gasteiger charge is -2.24. The summed E-state index contributed by atoms with van der Waals surface area (Å²) in [6.07, 6.45) is 1.62. The summed E-state index contributed by atoms with van der Waals surface area (Å²) in [6, 6.07) is 16.4. The quantitative estimate of drug-likeness (QED) is 0.653. The summed E-state index contributed by atoms with van der Waals surface area (Å²) in [5.41, 5.74) is 1.64. The molecule has 2 aromatic rings. The fourth-order valence-electron chi connectivity index (χ4n) is 2.94. The molecular formula is C22H22N2O5S. The van der Waals surface area contributed by atoms with Crippen LogP contribution >= 0.6 is 11.8 Å². The molecule has 0 atom stereocenters. The van der Waals surface area contributed by atoms with Crippen molar-refractivity contribution < 1.29 is 24.2 Å². The monoisotopic (exact) mass is 426 g/mol. The second-order valence-electron chi connectivity index (χ2n) is 6.57. The molecule has 1 heterocycles. The highest BCUT2D eigenvalue weighted by Gasteiger charge is 2.37. The Labute approximate surface area is 178 Å². The number of benzene rings is 2. The number of amides is 3. The number of thioether (sulfide) groups is 1. The lowest BCUT2D eigenvalue weighted by molar-refractivity contribution is -0.136. The van der Waals surface area contributed by atoms with E-state index in [1.807, 2.05) is 30.3 Å². The van der Waals surface area contributed by atoms with Crippen LogP contribution in [0.3, 0.4) is 0 Å². The van der Waals surface area contributed by atoms with Gasteiger partial charge in [0.15, 0.2) is 0 Å². The zero-order valence-corrected chi connectivity index (χ0v) is 17.3. The average molecular weight is 426 g/mol. The van der Waals surface area contributed by atoms with Crippen molar-refractivity contribution in [3.05, 3.63) is 70.6 Å². The molecule has 0 unspecified atom stereocenters. The molecule has 156 valence electrons. The number of hydrogen-bond acceptors (Lipinski definition) is 6. The maximum Gasteiger partial charge on any atom is 0.294 e. The van der Waals surface area contributed by atoms with Gasteiger partial charge >= 0.3 is 0 Å². The van der Waals surface area contributed by atoms with Crippen molar-refractivity contribution >= 4 is 34.9 Å². The van der Waals surface area contributed by atoms with Crippen LogP contribution in [0.25, 0.3) is 6.08 Å². The molecule has 1 aliphatic heterocycles. The molecule has 1 N–H and O–H groups in total. The van der Waals surface area contributed by atoms with Crippen molar-refractivity contribution in [3.8, 4) is 5.75 Å². The highest BCUT2D eigenvalue weighted by molar-refractivity contribution is 8.18. The normalized spacial score (nSPS) is 15.0. The standard InChI is InChI=1S/C22H22N2O5S/c1-29-18-9-7-16(8-10-18)13-19-21(27)24(22(28)30-19)15-20(26)23(11-12-25)14-17-5-3-2-4-6-17/h2-10,13,25H,11-12,14-15H2,1H3/b19-13-. The van der Waals surface area contributed by atoms with Crippen molar-refractivity contribution in [1.82, 2.24) is 9.80 Å². The maximum absolute atomic E-state index is 12.7. The van der Waals surface area contributed by atoms with Crippen LogP contribution in [0.1, 0.15) is 11.1 Å². The van der Waals surface area contributed by atoms with Gasteiger partial charge in [0.1, 0.15) is 12.3 Å². The molecule has 30 heavy (non-hydrogen) atoms. The van der Waals surface area contributed by atoms with E-state index in [0.29, 0.717) is 5.75 Å². The van der Waals surface area contributed by atoms with Gasteiger partial charge < -0.3 is 14.7 Å². The number of carbonyl (C=O) groups is 3. The zero-order chi connectivity index (χ0) is 21.5. The second kappa shape index (κ2) is 10.1. The second-order valence-corrected chi connectivity index (χ2v) is 7.56. The van der Waals surface area contributed by atoms with Crippen molar-refractivity contribution in [3.63, 3.8) is 0 Å². The van der Waals surface area contributed by atoms with Crippen LogP contribution in [0.4, 0.5) is 4.79 Å². The third-order valence-corrected chi connectivity index (χ3v) is 5.43. The molecule has 8 heteroatoms. The van der Waals surface area contributed by atoms with Crippen molar-refractivity contribution in [2.75, 3.05) is 26.8 Å². The molecule has 0 saturated carbocycles. The van der Waals surface area contributed by atoms with Crippen molar-refractivity contribution in [2.24, 2.45) is 0 Å². The van der Waals surface area contributed by atoms with Crippen LogP contribution in [0.15, 0.2) is 59.5 Å². The van der Waals surface area contributed by atoms with Crippen LogP contribution < -0.4 is 4.74 Å². The number of aliphatic hydroxyl groups excluding tert-OH is 1. The molecule has 1 fully saturated rings. The third kappa shape index (κ3) is 5.28. The number of hydrogen-bond donors (Lipinski definition) is 1. The van der Waals surface area contributed by atoms with E-state index in [2.05, 4.69) is 0 Å². The molecular weight excluding hydrogens is 404 g/mol. The van der Waals surface area contributed by atoms with E-state index in [-0.39, 0.29) is 31.1 Å². The van der Waals surface area contributed by atoms with E-state index < -0.39 is 17.1 Å². The summed E-state index contributed by atoms with van der Waals surface area (Å²) in [5, 5.41) is 8.82. The topological polar surface area (TPSA) is 87.2 Å². The van der Waals surface area contributed by atoms with Gasteiger partial charge in [-0.3, -0.25) is 19.3 Å². The van der Waals surface area contributed by atoms with Gasteiger partial charge in [-0.15, -0.1) is 0 Å². The van der Waals surface area contributed by atoms with Gasteiger partial charge in [-0.05, 0) is 41.1 Å². The van der Waals surface area contributed by atoms with E-state index in [0.717, 1.165) is 27.8 Å². The van der Waals surface area contributed by atoms with Gasteiger partial charge in [-0.2, -0.15) is 0 Å². The summed E-state index contributed by atoms with van der Waals surface area (Å²) in [5.74, 6) is -0.216. The summed E-state index contributed by atoms with van der Waals surface area (Å²) >= 11 is 0.805. The zero-order valence-electron chi connectivity index (χ0n) is 16.5. The molecule has 0 bridgehead atoms. The van der Waals surface area contributed by atoms with Gasteiger partial charge in [-0.25, -0.2) is 0 Å². The largest absolute Gasteiger partial charge is 0.497 e. The smallest absolute Gasteiger partial charge is 0.294 e. The molecule has 7 nitrogen and oxygen atoms in total. The van der Waals surface area contributed by atoms with Gasteiger partial charge in [-0.1, -0.05) is 42.5 Å². The Balaban J connectivity index is 1.70. The number of imide groups is 1. The van der Waals surface area contributed by atoms with E-state index >= 15 is 0 Å². The lowest BCUT2D eigenvalue weighted by atomic mass is 10.2. The van der Waals surface area contributed by atoms with Crippen molar-refractivity contribution in [1.29, 1.82) is 0 Å². The van der Waals surface area contributed by atoms with E-state index in [9.17, 15) is 19.5 Å². The summed E-state index contributed by atoms with van der Waals surface area (Å²) in [4.78, 5) is 40.4. The molecule has 2 aromatic carbocycles. The number of nitrogens with zero attached hydrogens (tertiary/aromatic N) is 2. The Kier molecular flexibility index (Phi) is 7.26. The fraction of sp³-hybridized carbons (Fsp3) is 0.227. The summed E-state index contributed by atoms with van der Waals surface area (Å²) in [7, 11) is 1.56. The van der Waals surface area contributed by atoms with Crippen LogP contribution in [0, 0.1) is 0 Å². The molecule has 0 radical (unpaired) electrons. The fourth-order valence-corrected chi connectivity index (χ4v) is 3.78. The van der Waals surface area contributed by atoms with Crippen LogP contribution in [0.2, 0.25) is 0 Å². The number of aliphatic hydroxyl groups is 1. The van der Waals surface area contributed by atoms with E-state index in [1.54, 1.807) is 37.5 Å². The first kappa shape index (κ1) is 21.6. The number of carbonyl (C=O) groups excluding carboxylic acids is 3. The van der Waals surface area contributed by atoms with Gasteiger partial charge in [0.25, 0.3) is 11.1 Å². The SMILES string of the molecule is COc1ccc(/C=C2\SC(=O)N(CC(=O)N(CCO)Cc3ccccc3)C2=O)cc1. The first-order valence-corrected chi connectivity index (χ1v) is 10.2. The van der Waals surface area contributed by atoms with Crippen LogP contribution in [0.5, 0.6) is 5.75 Å². The Bertz CT molecular complexity index is 944. The lowest BCUT2D eigenvalue weighted by Crippen LogP contribution is -2.42. The molecule has 3 amide bonds. The van der Waals surface area contributed by atoms with Gasteiger partial charge in [0.2, 0.25) is 5.91 Å². The van der Waals surface area contributed by atoms with Crippen LogP contribution in [-0.2, 0) is 16.1 Å². The Hall–Kier alpha value is -3.10. The minimum Gasteiger partial charge on any atom is -0.497 e. The van der Waals surface area contributed by atoms with E-state index in [4.69, 9.17) is 4.74 Å². The minimum atomic E-state index is -0.502. The predicted molar refractivity (Wildman–Crippen MR) is 115 cm³/mol. The highest BCUT2D eigenvalue weighted by Crippen LogP contribution is 2.32. The predicted octanol–water partition coefficient (Wildman–Crippen LogP) is 2.75. The van der Waals surface area contributed by atoms with Crippen LogP contribution in [-0.4, -0.2) is 58.8 Å². The van der Waals surface area contributed by atoms with Crippen molar-refractivity contribution in [2.45, 2.75) is 6.54 Å². The first-order chi connectivity index (χ1) is 14.5. The summed E-state index contributed by atoms with van der Waals surface area (Å²) in [6.45, 7) is -0.168. The summed E-state index contributed by atoms with van der Waals surface area (Å²) < 4.78 is 5.11. The highest BCUT2D eigenvalue weighted by atomic mass is 32.2.